The van der Waals surface area contributed by atoms with E-state index < -0.39 is 11.4 Å². The maximum Gasteiger partial charge on any atom is 0.313 e. The van der Waals surface area contributed by atoms with Gasteiger partial charge < -0.3 is 14.7 Å². The molecule has 3 saturated heterocycles. The van der Waals surface area contributed by atoms with Gasteiger partial charge in [0, 0.05) is 63.7 Å². The number of likely N-dealkylation sites (tertiary alicyclic amines) is 1. The summed E-state index contributed by atoms with van der Waals surface area (Å²) in [5, 5.41) is 10.0. The number of nitrogens with zero attached hydrogens (tertiary/aromatic N) is 4. The lowest BCUT2D eigenvalue weighted by atomic mass is 9.81. The fourth-order valence-corrected chi connectivity index (χ4v) is 4.61. The fraction of sp³-hybridized carbons (Fsp3) is 0.706. The summed E-state index contributed by atoms with van der Waals surface area (Å²) in [5.41, 5.74) is 0.168. The average Bonchev–Trinajstić information content (AvgIpc) is 3.11. The molecule has 1 aromatic heterocycles. The van der Waals surface area contributed by atoms with Gasteiger partial charge in [-0.1, -0.05) is 0 Å². The molecule has 0 unspecified atom stereocenters. The van der Waals surface area contributed by atoms with Crippen molar-refractivity contribution < 1.29 is 14.6 Å². The van der Waals surface area contributed by atoms with Crippen molar-refractivity contribution in [1.29, 1.82) is 0 Å². The quantitative estimate of drug-likeness (QED) is 0.876. The molecule has 0 aromatic carbocycles. The lowest BCUT2D eigenvalue weighted by Gasteiger charge is -2.33. The highest BCUT2D eigenvalue weighted by Gasteiger charge is 2.58. The summed E-state index contributed by atoms with van der Waals surface area (Å²) < 4.78 is 5.45. The van der Waals surface area contributed by atoms with Gasteiger partial charge in [-0.2, -0.15) is 0 Å². The number of rotatable bonds is 3. The molecule has 24 heavy (non-hydrogen) atoms. The van der Waals surface area contributed by atoms with Crippen molar-refractivity contribution in [2.75, 3.05) is 44.3 Å². The Morgan fingerprint density at radius 2 is 2.00 bits per heavy atom. The van der Waals surface area contributed by atoms with E-state index in [9.17, 15) is 9.90 Å². The number of anilines is 1. The van der Waals surface area contributed by atoms with Gasteiger partial charge in [0.1, 0.15) is 11.2 Å². The largest absolute Gasteiger partial charge is 0.481 e. The second-order valence-corrected chi connectivity index (χ2v) is 7.28. The van der Waals surface area contributed by atoms with Crippen LogP contribution in [0.15, 0.2) is 12.4 Å². The molecule has 3 aliphatic rings. The van der Waals surface area contributed by atoms with E-state index in [1.165, 1.54) is 0 Å². The van der Waals surface area contributed by atoms with Crippen LogP contribution in [-0.2, 0) is 9.53 Å². The molecule has 3 aliphatic heterocycles. The van der Waals surface area contributed by atoms with Crippen LogP contribution in [0.2, 0.25) is 0 Å². The summed E-state index contributed by atoms with van der Waals surface area (Å²) in [7, 11) is 0. The van der Waals surface area contributed by atoms with E-state index in [2.05, 4.69) is 19.8 Å². The third-order valence-corrected chi connectivity index (χ3v) is 5.92. The number of ether oxygens (including phenoxy) is 1. The molecule has 4 heterocycles. The molecular weight excluding hydrogens is 308 g/mol. The van der Waals surface area contributed by atoms with Gasteiger partial charge >= 0.3 is 5.97 Å². The van der Waals surface area contributed by atoms with Crippen molar-refractivity contribution >= 4 is 11.8 Å². The normalized spacial score (nSPS) is 31.4. The Morgan fingerprint density at radius 3 is 2.67 bits per heavy atom. The van der Waals surface area contributed by atoms with E-state index in [4.69, 9.17) is 4.74 Å². The molecule has 2 atom stereocenters. The van der Waals surface area contributed by atoms with Gasteiger partial charge in [0.2, 0.25) is 0 Å². The first-order valence-corrected chi connectivity index (χ1v) is 8.68. The number of hydrogen-bond acceptors (Lipinski definition) is 6. The van der Waals surface area contributed by atoms with Gasteiger partial charge in [0.15, 0.2) is 0 Å². The van der Waals surface area contributed by atoms with E-state index in [1.807, 2.05) is 6.92 Å². The Balaban J connectivity index is 1.55. The van der Waals surface area contributed by atoms with Crippen molar-refractivity contribution in [3.8, 4) is 0 Å². The molecule has 0 aliphatic carbocycles. The molecule has 1 aromatic rings. The van der Waals surface area contributed by atoms with E-state index >= 15 is 0 Å². The first kappa shape index (κ1) is 15.8. The summed E-state index contributed by atoms with van der Waals surface area (Å²) >= 11 is 0. The smallest absolute Gasteiger partial charge is 0.313 e. The summed E-state index contributed by atoms with van der Waals surface area (Å²) in [6.45, 7) is 6.25. The molecule has 0 spiro atoms. The van der Waals surface area contributed by atoms with Crippen molar-refractivity contribution in [1.82, 2.24) is 14.9 Å². The van der Waals surface area contributed by atoms with Crippen molar-refractivity contribution in [3.05, 3.63) is 18.1 Å². The standard InChI is InChI=1S/C17H24N4O3/c1-12-15(19-5-4-18-12)21-9-13-8-20(14-2-6-24-7-3-14)10-17(13,11-21)16(22)23/h4-5,13-14H,2-3,6-11H2,1H3,(H,22,23)/t13-,17-/m1/s1. The van der Waals surface area contributed by atoms with Crippen LogP contribution in [-0.4, -0.2) is 71.4 Å². The van der Waals surface area contributed by atoms with Crippen molar-refractivity contribution in [2.45, 2.75) is 25.8 Å². The van der Waals surface area contributed by atoms with Crippen LogP contribution in [0.3, 0.4) is 0 Å². The third-order valence-electron chi connectivity index (χ3n) is 5.92. The Bertz CT molecular complexity index is 634. The third kappa shape index (κ3) is 2.46. The Hall–Kier alpha value is -1.73. The van der Waals surface area contributed by atoms with Crippen molar-refractivity contribution in [3.63, 3.8) is 0 Å². The fourth-order valence-electron chi connectivity index (χ4n) is 4.61. The van der Waals surface area contributed by atoms with E-state index in [-0.39, 0.29) is 5.92 Å². The lowest BCUT2D eigenvalue weighted by molar-refractivity contribution is -0.148. The highest BCUT2D eigenvalue weighted by Crippen LogP contribution is 2.45. The number of carboxylic acid groups (broad SMARTS) is 1. The predicted molar refractivity (Wildman–Crippen MR) is 88.0 cm³/mol. The molecule has 1 N–H and O–H groups in total. The van der Waals surface area contributed by atoms with Crippen LogP contribution in [0, 0.1) is 18.3 Å². The monoisotopic (exact) mass is 332 g/mol. The minimum absolute atomic E-state index is 0.138. The summed E-state index contributed by atoms with van der Waals surface area (Å²) in [5.74, 6) is 0.287. The van der Waals surface area contributed by atoms with Gasteiger partial charge in [-0.3, -0.25) is 14.7 Å². The SMILES string of the molecule is Cc1nccnc1N1C[C@H]2CN(C3CCOCC3)C[C@@]2(C(=O)O)C1. The highest BCUT2D eigenvalue weighted by atomic mass is 16.5. The van der Waals surface area contributed by atoms with Gasteiger partial charge in [-0.05, 0) is 19.8 Å². The van der Waals surface area contributed by atoms with Crippen LogP contribution in [0.5, 0.6) is 0 Å². The molecule has 0 amide bonds. The molecule has 3 fully saturated rings. The number of carboxylic acids is 1. The molecule has 0 bridgehead atoms. The summed E-state index contributed by atoms with van der Waals surface area (Å²) in [6.07, 6.45) is 5.37. The molecule has 4 rings (SSSR count). The van der Waals surface area contributed by atoms with Gasteiger partial charge in [0.05, 0.1) is 5.69 Å². The number of carbonyl (C=O) groups is 1. The highest BCUT2D eigenvalue weighted by molar-refractivity contribution is 5.78. The summed E-state index contributed by atoms with van der Waals surface area (Å²) in [4.78, 5) is 25.4. The second-order valence-electron chi connectivity index (χ2n) is 7.28. The maximum atomic E-state index is 12.2. The maximum absolute atomic E-state index is 12.2. The van der Waals surface area contributed by atoms with Crippen molar-refractivity contribution in [2.24, 2.45) is 11.3 Å². The Kier molecular flexibility index (Phi) is 3.92. The van der Waals surface area contributed by atoms with Crippen LogP contribution in [0.4, 0.5) is 5.82 Å². The predicted octanol–water partition coefficient (Wildman–Crippen LogP) is 0.787. The minimum atomic E-state index is -0.692. The van der Waals surface area contributed by atoms with Gasteiger partial charge in [-0.15, -0.1) is 0 Å². The first-order chi connectivity index (χ1) is 11.6. The number of aromatic nitrogens is 2. The number of fused-ring (bicyclic) bond motifs is 1. The second kappa shape index (κ2) is 5.97. The van der Waals surface area contributed by atoms with E-state index in [0.717, 1.165) is 50.7 Å². The number of aliphatic carboxylic acids is 1. The average molecular weight is 332 g/mol. The zero-order valence-electron chi connectivity index (χ0n) is 14.0. The zero-order valence-corrected chi connectivity index (χ0v) is 14.0. The molecule has 0 radical (unpaired) electrons. The van der Waals surface area contributed by atoms with Crippen LogP contribution < -0.4 is 4.90 Å². The number of aryl methyl sites for hydroxylation is 1. The minimum Gasteiger partial charge on any atom is -0.481 e. The van der Waals surface area contributed by atoms with E-state index in [0.29, 0.717) is 19.1 Å². The zero-order chi connectivity index (χ0) is 16.7. The van der Waals surface area contributed by atoms with Gasteiger partial charge in [-0.25, -0.2) is 4.98 Å². The molecule has 130 valence electrons. The summed E-state index contributed by atoms with van der Waals surface area (Å²) in [6, 6.07) is 0.465. The van der Waals surface area contributed by atoms with E-state index in [1.54, 1.807) is 12.4 Å². The topological polar surface area (TPSA) is 78.8 Å². The molecule has 7 heteroatoms. The van der Waals surface area contributed by atoms with Gasteiger partial charge in [0.25, 0.3) is 0 Å². The molecule has 7 nitrogen and oxygen atoms in total. The van der Waals surface area contributed by atoms with Crippen LogP contribution >= 0.6 is 0 Å². The lowest BCUT2D eigenvalue weighted by Crippen LogP contribution is -2.44. The number of hydrogen-bond donors (Lipinski definition) is 1. The first-order valence-electron chi connectivity index (χ1n) is 8.68. The molecule has 0 saturated carbocycles. The Labute approximate surface area is 141 Å². The van der Waals surface area contributed by atoms with Crippen LogP contribution in [0.1, 0.15) is 18.5 Å². The molecular formula is C17H24N4O3. The van der Waals surface area contributed by atoms with Crippen LogP contribution in [0.25, 0.3) is 0 Å². The Morgan fingerprint density at radius 1 is 1.25 bits per heavy atom.